The third-order valence-electron chi connectivity index (χ3n) is 2.14. The molecule has 0 saturated heterocycles. The van der Waals surface area contributed by atoms with Gasteiger partial charge >= 0.3 is 0 Å². The molecule has 1 aromatic carbocycles. The molecule has 18 heavy (non-hydrogen) atoms. The van der Waals surface area contributed by atoms with Gasteiger partial charge < -0.3 is 5.32 Å². The molecule has 0 unspecified atom stereocenters. The standard InChI is InChI=1S/C11H9ClN4O2/c1-7-13-10(12)6-11(14-7)15-8-3-2-4-9(5-8)16(17)18/h2-6H,1H3,(H,13,14,15). The number of benzene rings is 1. The molecule has 6 nitrogen and oxygen atoms in total. The second-order valence-electron chi connectivity index (χ2n) is 3.56. The number of non-ortho nitro benzene ring substituents is 1. The molecular weight excluding hydrogens is 256 g/mol. The summed E-state index contributed by atoms with van der Waals surface area (Å²) in [5.74, 6) is 1.02. The number of nitro groups is 1. The van der Waals surface area contributed by atoms with Gasteiger partial charge in [-0.1, -0.05) is 17.7 Å². The van der Waals surface area contributed by atoms with E-state index in [4.69, 9.17) is 11.6 Å². The lowest BCUT2D eigenvalue weighted by Crippen LogP contribution is -1.98. The van der Waals surface area contributed by atoms with Gasteiger partial charge in [-0.15, -0.1) is 0 Å². The molecule has 2 aromatic rings. The predicted molar refractivity (Wildman–Crippen MR) is 68.2 cm³/mol. The Morgan fingerprint density at radius 1 is 1.33 bits per heavy atom. The molecule has 0 fully saturated rings. The summed E-state index contributed by atoms with van der Waals surface area (Å²) in [6, 6.07) is 7.69. The molecule has 0 amide bonds. The Morgan fingerprint density at radius 3 is 2.78 bits per heavy atom. The molecule has 0 aliphatic carbocycles. The quantitative estimate of drug-likeness (QED) is 0.523. The van der Waals surface area contributed by atoms with Gasteiger partial charge in [-0.3, -0.25) is 10.1 Å². The Bertz CT molecular complexity index is 583. The highest BCUT2D eigenvalue weighted by Crippen LogP contribution is 2.21. The van der Waals surface area contributed by atoms with Gasteiger partial charge in [0.25, 0.3) is 5.69 Å². The van der Waals surface area contributed by atoms with Gasteiger partial charge in [0.1, 0.15) is 16.8 Å². The normalized spacial score (nSPS) is 10.1. The molecule has 7 heteroatoms. The van der Waals surface area contributed by atoms with Crippen LogP contribution in [-0.2, 0) is 0 Å². The Hall–Kier alpha value is -2.21. The molecule has 2 rings (SSSR count). The molecule has 0 aliphatic rings. The number of nitrogens with one attached hydrogen (secondary N) is 1. The van der Waals surface area contributed by atoms with E-state index in [0.29, 0.717) is 22.5 Å². The molecule has 0 saturated carbocycles. The Balaban J connectivity index is 2.28. The van der Waals surface area contributed by atoms with Crippen LogP contribution in [0.2, 0.25) is 5.15 Å². The van der Waals surface area contributed by atoms with Gasteiger partial charge in [0.05, 0.1) is 4.92 Å². The molecule has 1 N–H and O–H groups in total. The summed E-state index contributed by atoms with van der Waals surface area (Å²) in [7, 11) is 0. The van der Waals surface area contributed by atoms with E-state index in [1.807, 2.05) is 0 Å². The van der Waals surface area contributed by atoms with E-state index in [2.05, 4.69) is 15.3 Å². The van der Waals surface area contributed by atoms with Crippen LogP contribution in [0.25, 0.3) is 0 Å². The lowest BCUT2D eigenvalue weighted by molar-refractivity contribution is -0.384. The van der Waals surface area contributed by atoms with Gasteiger partial charge in [-0.05, 0) is 13.0 Å². The van der Waals surface area contributed by atoms with Crippen molar-refractivity contribution in [3.05, 3.63) is 51.4 Å². The summed E-state index contributed by atoms with van der Waals surface area (Å²) in [6.07, 6.45) is 0. The summed E-state index contributed by atoms with van der Waals surface area (Å²) >= 11 is 5.80. The molecule has 0 atom stereocenters. The first kappa shape index (κ1) is 12.3. The van der Waals surface area contributed by atoms with E-state index < -0.39 is 4.92 Å². The highest BCUT2D eigenvalue weighted by molar-refractivity contribution is 6.29. The molecule has 0 spiro atoms. The Labute approximate surface area is 108 Å². The zero-order chi connectivity index (χ0) is 13.1. The number of nitrogens with zero attached hydrogens (tertiary/aromatic N) is 3. The average molecular weight is 265 g/mol. The van der Waals surface area contributed by atoms with Crippen LogP contribution in [0, 0.1) is 17.0 Å². The molecular formula is C11H9ClN4O2. The van der Waals surface area contributed by atoms with Crippen molar-refractivity contribution in [1.29, 1.82) is 0 Å². The van der Waals surface area contributed by atoms with Crippen LogP contribution in [0.4, 0.5) is 17.2 Å². The number of aryl methyl sites for hydroxylation is 1. The number of nitro benzene ring substituents is 1. The van der Waals surface area contributed by atoms with Crippen molar-refractivity contribution >= 4 is 28.8 Å². The fourth-order valence-electron chi connectivity index (χ4n) is 1.44. The number of hydrogen-bond donors (Lipinski definition) is 1. The van der Waals surface area contributed by atoms with E-state index in [9.17, 15) is 10.1 Å². The van der Waals surface area contributed by atoms with Crippen molar-refractivity contribution in [3.63, 3.8) is 0 Å². The van der Waals surface area contributed by atoms with Crippen LogP contribution in [0.15, 0.2) is 30.3 Å². The zero-order valence-electron chi connectivity index (χ0n) is 9.42. The number of hydrogen-bond acceptors (Lipinski definition) is 5. The number of aromatic nitrogens is 2. The van der Waals surface area contributed by atoms with Gasteiger partial charge in [0.15, 0.2) is 0 Å². The minimum absolute atomic E-state index is 0.0110. The lowest BCUT2D eigenvalue weighted by Gasteiger charge is -2.06. The second-order valence-corrected chi connectivity index (χ2v) is 3.94. The van der Waals surface area contributed by atoms with Crippen LogP contribution in [-0.4, -0.2) is 14.9 Å². The first-order valence-electron chi connectivity index (χ1n) is 5.07. The maximum absolute atomic E-state index is 10.6. The van der Waals surface area contributed by atoms with E-state index >= 15 is 0 Å². The van der Waals surface area contributed by atoms with E-state index in [1.54, 1.807) is 25.1 Å². The molecule has 0 radical (unpaired) electrons. The summed E-state index contributed by atoms with van der Waals surface area (Å²) in [5, 5.41) is 13.9. The van der Waals surface area contributed by atoms with Gasteiger partial charge in [-0.2, -0.15) is 0 Å². The van der Waals surface area contributed by atoms with Gasteiger partial charge in [0.2, 0.25) is 0 Å². The lowest BCUT2D eigenvalue weighted by atomic mass is 10.3. The van der Waals surface area contributed by atoms with E-state index in [0.717, 1.165) is 0 Å². The number of anilines is 2. The first-order valence-corrected chi connectivity index (χ1v) is 5.45. The Morgan fingerprint density at radius 2 is 2.11 bits per heavy atom. The smallest absolute Gasteiger partial charge is 0.271 e. The third-order valence-corrected chi connectivity index (χ3v) is 2.33. The van der Waals surface area contributed by atoms with Crippen LogP contribution >= 0.6 is 11.6 Å². The average Bonchev–Trinajstić information content (AvgIpc) is 2.27. The minimum atomic E-state index is -0.455. The van der Waals surface area contributed by atoms with Crippen molar-refractivity contribution in [2.45, 2.75) is 6.92 Å². The maximum atomic E-state index is 10.6. The van der Waals surface area contributed by atoms with Crippen LogP contribution in [0.1, 0.15) is 5.82 Å². The van der Waals surface area contributed by atoms with Crippen LogP contribution < -0.4 is 5.32 Å². The first-order chi connectivity index (χ1) is 8.54. The summed E-state index contributed by atoms with van der Waals surface area (Å²) < 4.78 is 0. The molecule has 0 bridgehead atoms. The predicted octanol–water partition coefficient (Wildman–Crippen LogP) is 3.09. The molecule has 92 valence electrons. The minimum Gasteiger partial charge on any atom is -0.340 e. The van der Waals surface area contributed by atoms with E-state index in [1.165, 1.54) is 12.1 Å². The highest BCUT2D eigenvalue weighted by atomic mass is 35.5. The van der Waals surface area contributed by atoms with Crippen molar-refractivity contribution in [3.8, 4) is 0 Å². The summed E-state index contributed by atoms with van der Waals surface area (Å²) in [6.45, 7) is 1.71. The monoisotopic (exact) mass is 264 g/mol. The van der Waals surface area contributed by atoms with Crippen LogP contribution in [0.3, 0.4) is 0 Å². The van der Waals surface area contributed by atoms with Crippen LogP contribution in [0.5, 0.6) is 0 Å². The number of halogens is 1. The summed E-state index contributed by atoms with van der Waals surface area (Å²) in [4.78, 5) is 18.2. The molecule has 0 aliphatic heterocycles. The van der Waals surface area contributed by atoms with Crippen molar-refractivity contribution < 1.29 is 4.92 Å². The largest absolute Gasteiger partial charge is 0.340 e. The van der Waals surface area contributed by atoms with Crippen molar-refractivity contribution in [1.82, 2.24) is 9.97 Å². The SMILES string of the molecule is Cc1nc(Cl)cc(Nc2cccc([N+](=O)[O-])c2)n1. The Kier molecular flexibility index (Phi) is 3.38. The number of rotatable bonds is 3. The fraction of sp³-hybridized carbons (Fsp3) is 0.0909. The topological polar surface area (TPSA) is 81.0 Å². The van der Waals surface area contributed by atoms with Crippen molar-refractivity contribution in [2.24, 2.45) is 0 Å². The molecule has 1 aromatic heterocycles. The van der Waals surface area contributed by atoms with Gasteiger partial charge in [-0.25, -0.2) is 9.97 Å². The summed E-state index contributed by atoms with van der Waals surface area (Å²) in [5.41, 5.74) is 0.579. The maximum Gasteiger partial charge on any atom is 0.271 e. The highest BCUT2D eigenvalue weighted by Gasteiger charge is 2.06. The fourth-order valence-corrected chi connectivity index (χ4v) is 1.67. The van der Waals surface area contributed by atoms with E-state index in [-0.39, 0.29) is 5.69 Å². The van der Waals surface area contributed by atoms with Crippen molar-refractivity contribution in [2.75, 3.05) is 5.32 Å². The zero-order valence-corrected chi connectivity index (χ0v) is 10.2. The third kappa shape index (κ3) is 2.92. The second kappa shape index (κ2) is 4.97. The van der Waals surface area contributed by atoms with Gasteiger partial charge in [0, 0.05) is 23.9 Å². The molecule has 1 heterocycles.